The summed E-state index contributed by atoms with van der Waals surface area (Å²) in [7, 11) is 0. The van der Waals surface area contributed by atoms with Crippen LogP contribution in [0.2, 0.25) is 0 Å². The minimum atomic E-state index is 0.527. The number of hydrogen-bond acceptors (Lipinski definition) is 0. The van der Waals surface area contributed by atoms with E-state index in [9.17, 15) is 0 Å². The van der Waals surface area contributed by atoms with Crippen LogP contribution in [-0.4, -0.2) is 0 Å². The van der Waals surface area contributed by atoms with Crippen LogP contribution in [0, 0.1) is 5.92 Å². The Labute approximate surface area is 86.0 Å². The van der Waals surface area contributed by atoms with E-state index in [1.54, 1.807) is 0 Å². The van der Waals surface area contributed by atoms with E-state index in [-0.39, 0.29) is 0 Å². The zero-order valence-electron chi connectivity index (χ0n) is 8.88. The second kappa shape index (κ2) is 3.45. The van der Waals surface area contributed by atoms with Gasteiger partial charge < -0.3 is 0 Å². The summed E-state index contributed by atoms with van der Waals surface area (Å²) in [6.45, 7) is 8.38. The summed E-state index contributed by atoms with van der Waals surface area (Å²) in [5, 5.41) is 0. The molecule has 2 aliphatic rings. The van der Waals surface area contributed by atoms with Crippen LogP contribution >= 0.6 is 0 Å². The predicted molar refractivity (Wildman–Crippen MR) is 62.0 cm³/mol. The Hall–Kier alpha value is -1.30. The molecule has 2 rings (SSSR count). The fourth-order valence-electron chi connectivity index (χ4n) is 2.17. The van der Waals surface area contributed by atoms with Crippen LogP contribution in [0.15, 0.2) is 59.3 Å². The lowest BCUT2D eigenvalue weighted by molar-refractivity contribution is 0.850. The van der Waals surface area contributed by atoms with E-state index in [0.717, 1.165) is 6.42 Å². The number of hydrogen-bond donors (Lipinski definition) is 0. The van der Waals surface area contributed by atoms with Gasteiger partial charge in [-0.15, -0.1) is 0 Å². The van der Waals surface area contributed by atoms with Crippen LogP contribution in [0.1, 0.15) is 20.3 Å². The summed E-state index contributed by atoms with van der Waals surface area (Å²) in [5.41, 5.74) is 5.41. The highest BCUT2D eigenvalue weighted by molar-refractivity contribution is 5.58. The monoisotopic (exact) mass is 184 g/mol. The first-order chi connectivity index (χ1) is 6.70. The third-order valence-corrected chi connectivity index (χ3v) is 2.96. The molecule has 0 nitrogen and oxygen atoms in total. The van der Waals surface area contributed by atoms with Crippen molar-refractivity contribution in [2.75, 3.05) is 0 Å². The van der Waals surface area contributed by atoms with Gasteiger partial charge in [0.15, 0.2) is 0 Å². The molecule has 0 aromatic carbocycles. The largest absolute Gasteiger partial charge is 0.0958 e. The third-order valence-electron chi connectivity index (χ3n) is 2.96. The van der Waals surface area contributed by atoms with E-state index in [4.69, 9.17) is 0 Å². The van der Waals surface area contributed by atoms with Crippen molar-refractivity contribution in [1.82, 2.24) is 0 Å². The minimum absolute atomic E-state index is 0.527. The highest BCUT2D eigenvalue weighted by Gasteiger charge is 2.23. The molecule has 0 aliphatic heterocycles. The zero-order chi connectivity index (χ0) is 10.1. The normalized spacial score (nSPS) is 24.7. The summed E-state index contributed by atoms with van der Waals surface area (Å²) < 4.78 is 0. The van der Waals surface area contributed by atoms with E-state index in [1.165, 1.54) is 22.3 Å². The van der Waals surface area contributed by atoms with Gasteiger partial charge in [0.2, 0.25) is 0 Å². The molecule has 2 aliphatic carbocycles. The van der Waals surface area contributed by atoms with Crippen LogP contribution < -0.4 is 0 Å². The fourth-order valence-corrected chi connectivity index (χ4v) is 2.17. The van der Waals surface area contributed by atoms with Crippen molar-refractivity contribution in [3.8, 4) is 0 Å². The Morgan fingerprint density at radius 2 is 2.29 bits per heavy atom. The SMILES string of the molecule is C=C(C)C1=CC2=CC=CCC=C2C1C. The molecular formula is C14H16. The van der Waals surface area contributed by atoms with Crippen molar-refractivity contribution in [2.45, 2.75) is 20.3 Å². The molecule has 72 valence electrons. The standard InChI is InChI=1S/C14H16/c1-10(2)14-9-12-7-5-4-6-8-13(12)11(14)3/h4-5,7-9,11H,1,6H2,2-3H3. The predicted octanol–water partition coefficient (Wildman–Crippen LogP) is 3.95. The van der Waals surface area contributed by atoms with Crippen molar-refractivity contribution >= 4 is 0 Å². The van der Waals surface area contributed by atoms with Gasteiger partial charge >= 0.3 is 0 Å². The summed E-state index contributed by atoms with van der Waals surface area (Å²) in [6, 6.07) is 0. The Morgan fingerprint density at radius 1 is 1.50 bits per heavy atom. The Bertz CT molecular complexity index is 386. The van der Waals surface area contributed by atoms with Crippen LogP contribution in [0.25, 0.3) is 0 Å². The number of fused-ring (bicyclic) bond motifs is 1. The molecule has 0 spiro atoms. The quantitative estimate of drug-likeness (QED) is 0.579. The van der Waals surface area contributed by atoms with Gasteiger partial charge in [0, 0.05) is 5.92 Å². The maximum absolute atomic E-state index is 4.03. The summed E-state index contributed by atoms with van der Waals surface area (Å²) in [5.74, 6) is 0.527. The Kier molecular flexibility index (Phi) is 2.28. The van der Waals surface area contributed by atoms with Crippen LogP contribution in [-0.2, 0) is 0 Å². The van der Waals surface area contributed by atoms with E-state index in [2.05, 4.69) is 50.8 Å². The van der Waals surface area contributed by atoms with Crippen LogP contribution in [0.5, 0.6) is 0 Å². The van der Waals surface area contributed by atoms with Crippen molar-refractivity contribution in [3.63, 3.8) is 0 Å². The van der Waals surface area contributed by atoms with E-state index in [0.29, 0.717) is 5.92 Å². The molecule has 0 aromatic rings. The third kappa shape index (κ3) is 1.41. The molecule has 0 heterocycles. The van der Waals surface area contributed by atoms with Gasteiger partial charge in [-0.05, 0) is 30.1 Å². The first-order valence-electron chi connectivity index (χ1n) is 5.15. The molecule has 0 aromatic heterocycles. The molecule has 0 bridgehead atoms. The topological polar surface area (TPSA) is 0 Å². The summed E-state index contributed by atoms with van der Waals surface area (Å²) in [4.78, 5) is 0. The lowest BCUT2D eigenvalue weighted by Gasteiger charge is -2.11. The Balaban J connectivity index is 2.45. The molecule has 0 fully saturated rings. The van der Waals surface area contributed by atoms with Crippen LogP contribution in [0.3, 0.4) is 0 Å². The smallest absolute Gasteiger partial charge is 0.00665 e. The van der Waals surface area contributed by atoms with Gasteiger partial charge in [-0.2, -0.15) is 0 Å². The summed E-state index contributed by atoms with van der Waals surface area (Å²) in [6.07, 6.45) is 12.2. The second-order valence-electron chi connectivity index (χ2n) is 4.05. The lowest BCUT2D eigenvalue weighted by atomic mass is 9.93. The minimum Gasteiger partial charge on any atom is -0.0958 e. The average Bonchev–Trinajstić information content (AvgIpc) is 2.37. The Morgan fingerprint density at radius 3 is 3.00 bits per heavy atom. The molecular weight excluding hydrogens is 168 g/mol. The number of rotatable bonds is 1. The van der Waals surface area contributed by atoms with E-state index < -0.39 is 0 Å². The molecule has 0 N–H and O–H groups in total. The maximum Gasteiger partial charge on any atom is 0.00665 e. The lowest BCUT2D eigenvalue weighted by Crippen LogP contribution is -1.97. The average molecular weight is 184 g/mol. The van der Waals surface area contributed by atoms with E-state index in [1.807, 2.05) is 0 Å². The van der Waals surface area contributed by atoms with Gasteiger partial charge in [-0.25, -0.2) is 0 Å². The van der Waals surface area contributed by atoms with Crippen molar-refractivity contribution in [2.24, 2.45) is 5.92 Å². The number of allylic oxidation sites excluding steroid dienone is 9. The van der Waals surface area contributed by atoms with Gasteiger partial charge in [-0.3, -0.25) is 0 Å². The molecule has 0 amide bonds. The van der Waals surface area contributed by atoms with Crippen molar-refractivity contribution < 1.29 is 0 Å². The fraction of sp³-hybridized carbons (Fsp3) is 0.286. The van der Waals surface area contributed by atoms with Gasteiger partial charge in [0.25, 0.3) is 0 Å². The van der Waals surface area contributed by atoms with Crippen molar-refractivity contribution in [1.29, 1.82) is 0 Å². The van der Waals surface area contributed by atoms with E-state index >= 15 is 0 Å². The first-order valence-corrected chi connectivity index (χ1v) is 5.15. The molecule has 0 heteroatoms. The maximum atomic E-state index is 4.03. The van der Waals surface area contributed by atoms with Gasteiger partial charge in [0.1, 0.15) is 0 Å². The molecule has 0 saturated carbocycles. The van der Waals surface area contributed by atoms with Crippen molar-refractivity contribution in [3.05, 3.63) is 59.3 Å². The van der Waals surface area contributed by atoms with Gasteiger partial charge in [0.05, 0.1) is 0 Å². The first kappa shape index (κ1) is 9.26. The zero-order valence-corrected chi connectivity index (χ0v) is 8.88. The molecule has 1 atom stereocenters. The molecule has 0 saturated heterocycles. The highest BCUT2D eigenvalue weighted by Crippen LogP contribution is 2.39. The summed E-state index contributed by atoms with van der Waals surface area (Å²) >= 11 is 0. The molecule has 0 radical (unpaired) electrons. The van der Waals surface area contributed by atoms with Gasteiger partial charge in [-0.1, -0.05) is 49.5 Å². The van der Waals surface area contributed by atoms with Crippen LogP contribution in [0.4, 0.5) is 0 Å². The molecule has 14 heavy (non-hydrogen) atoms. The highest BCUT2D eigenvalue weighted by atomic mass is 14.3. The second-order valence-corrected chi connectivity index (χ2v) is 4.05. The molecule has 1 unspecified atom stereocenters.